The van der Waals surface area contributed by atoms with Gasteiger partial charge in [0.2, 0.25) is 10.0 Å². The summed E-state index contributed by atoms with van der Waals surface area (Å²) in [4.78, 5) is 0. The van der Waals surface area contributed by atoms with E-state index in [4.69, 9.17) is 11.1 Å². The zero-order valence-electron chi connectivity index (χ0n) is 9.23. The molecular formula is C7H17N3O4S2. The molecule has 0 aliphatic rings. The largest absolute Gasteiger partial charge is 0.388 e. The quantitative estimate of drug-likeness (QED) is 0.404. The van der Waals surface area contributed by atoms with Gasteiger partial charge in [-0.05, 0) is 6.42 Å². The van der Waals surface area contributed by atoms with Gasteiger partial charge in [0.05, 0.1) is 5.84 Å². The summed E-state index contributed by atoms with van der Waals surface area (Å²) in [5.41, 5.74) is 5.15. The molecule has 0 radical (unpaired) electrons. The number of hydrogen-bond acceptors (Lipinski definition) is 5. The molecule has 0 rings (SSSR count). The fraction of sp³-hybridized carbons (Fsp3) is 0.857. The van der Waals surface area contributed by atoms with E-state index in [1.165, 1.54) is 0 Å². The predicted molar refractivity (Wildman–Crippen MR) is 62.4 cm³/mol. The lowest BCUT2D eigenvalue weighted by molar-refractivity contribution is 0.547. The summed E-state index contributed by atoms with van der Waals surface area (Å²) in [6, 6.07) is -0.538. The van der Waals surface area contributed by atoms with Crippen molar-refractivity contribution in [3.05, 3.63) is 0 Å². The van der Waals surface area contributed by atoms with Gasteiger partial charge >= 0.3 is 0 Å². The molecule has 0 fully saturated rings. The van der Waals surface area contributed by atoms with E-state index in [0.29, 0.717) is 6.42 Å². The van der Waals surface area contributed by atoms with Gasteiger partial charge in [0, 0.05) is 18.7 Å². The lowest BCUT2D eigenvalue weighted by Crippen LogP contribution is -2.39. The second kappa shape index (κ2) is 5.60. The van der Waals surface area contributed by atoms with E-state index in [9.17, 15) is 16.8 Å². The van der Waals surface area contributed by atoms with Crippen LogP contribution in [0.1, 0.15) is 19.8 Å². The molecule has 0 aliphatic carbocycles. The molecule has 0 spiro atoms. The van der Waals surface area contributed by atoms with Gasteiger partial charge in [-0.3, -0.25) is 5.41 Å². The van der Waals surface area contributed by atoms with Gasteiger partial charge < -0.3 is 5.73 Å². The summed E-state index contributed by atoms with van der Waals surface area (Å²) in [6.07, 6.45) is 1.35. The highest BCUT2D eigenvalue weighted by Crippen LogP contribution is 2.01. The first-order chi connectivity index (χ1) is 7.06. The number of rotatable bonds is 7. The zero-order valence-corrected chi connectivity index (χ0v) is 10.9. The summed E-state index contributed by atoms with van der Waals surface area (Å²) in [6.45, 7) is 1.72. The first-order valence-electron chi connectivity index (χ1n) is 4.56. The normalized spacial score (nSPS) is 14.6. The molecule has 1 atom stereocenters. The third-order valence-electron chi connectivity index (χ3n) is 1.67. The zero-order chi connectivity index (χ0) is 13.0. The van der Waals surface area contributed by atoms with Gasteiger partial charge in [-0.2, -0.15) is 0 Å². The molecule has 0 aromatic rings. The van der Waals surface area contributed by atoms with Gasteiger partial charge in [0.15, 0.2) is 14.9 Å². The maximum absolute atomic E-state index is 11.4. The van der Waals surface area contributed by atoms with Crippen LogP contribution >= 0.6 is 0 Å². The standard InChI is InChI=1S/C7H17N3O4S2/c1-3-6(4-7(8)9)10-16(13,14)5-15(2,11)12/h6,10H,3-5H2,1-2H3,(H3,8,9). The van der Waals surface area contributed by atoms with Crippen molar-refractivity contribution in [2.75, 3.05) is 11.3 Å². The van der Waals surface area contributed by atoms with Crippen LogP contribution in [0, 0.1) is 5.41 Å². The van der Waals surface area contributed by atoms with Crippen LogP contribution in [0.3, 0.4) is 0 Å². The highest BCUT2D eigenvalue weighted by Gasteiger charge is 2.21. The van der Waals surface area contributed by atoms with E-state index >= 15 is 0 Å². The number of sulfone groups is 1. The Balaban J connectivity index is 4.62. The number of amidine groups is 1. The van der Waals surface area contributed by atoms with Crippen LogP contribution in [0.4, 0.5) is 0 Å². The number of nitrogens with one attached hydrogen (secondary N) is 2. The Hall–Kier alpha value is -0.670. The molecule has 0 saturated heterocycles. The molecule has 4 N–H and O–H groups in total. The Bertz CT molecular complexity index is 440. The number of hydrogen-bond donors (Lipinski definition) is 3. The van der Waals surface area contributed by atoms with E-state index < -0.39 is 31.0 Å². The van der Waals surface area contributed by atoms with Crippen molar-refractivity contribution in [2.45, 2.75) is 25.8 Å². The van der Waals surface area contributed by atoms with Gasteiger partial charge in [-0.15, -0.1) is 0 Å². The van der Waals surface area contributed by atoms with Crippen molar-refractivity contribution in [3.63, 3.8) is 0 Å². The molecule has 0 saturated carbocycles. The van der Waals surface area contributed by atoms with Crippen molar-refractivity contribution >= 4 is 25.7 Å². The fourth-order valence-corrected chi connectivity index (χ4v) is 4.39. The molecule has 0 aliphatic heterocycles. The molecule has 0 bridgehead atoms. The highest BCUT2D eigenvalue weighted by atomic mass is 32.3. The van der Waals surface area contributed by atoms with Gasteiger partial charge in [0.25, 0.3) is 0 Å². The second-order valence-electron chi connectivity index (χ2n) is 3.61. The molecule has 1 unspecified atom stereocenters. The molecule has 0 amide bonds. The third kappa shape index (κ3) is 7.60. The molecule has 0 heterocycles. The first-order valence-corrected chi connectivity index (χ1v) is 8.27. The summed E-state index contributed by atoms with van der Waals surface area (Å²) in [5, 5.41) is 6.09. The topological polar surface area (TPSA) is 130 Å². The molecule has 96 valence electrons. The average molecular weight is 271 g/mol. The summed E-state index contributed by atoms with van der Waals surface area (Å²) in [5.74, 6) is -0.145. The molecule has 16 heavy (non-hydrogen) atoms. The predicted octanol–water partition coefficient (Wildman–Crippen LogP) is -0.987. The van der Waals surface area contributed by atoms with Crippen LogP contribution < -0.4 is 10.5 Å². The lowest BCUT2D eigenvalue weighted by atomic mass is 10.1. The number of sulfonamides is 1. The first kappa shape index (κ1) is 15.3. The van der Waals surface area contributed by atoms with E-state index in [2.05, 4.69) is 4.72 Å². The van der Waals surface area contributed by atoms with Gasteiger partial charge in [-0.1, -0.05) is 6.92 Å². The van der Waals surface area contributed by atoms with E-state index in [1.54, 1.807) is 6.92 Å². The van der Waals surface area contributed by atoms with E-state index in [1.807, 2.05) is 0 Å². The summed E-state index contributed by atoms with van der Waals surface area (Å²) < 4.78 is 46.7. The van der Waals surface area contributed by atoms with E-state index in [-0.39, 0.29) is 12.3 Å². The van der Waals surface area contributed by atoms with Gasteiger partial charge in [0.1, 0.15) is 0 Å². The summed E-state index contributed by atoms with van der Waals surface area (Å²) >= 11 is 0. The molecule has 0 aromatic heterocycles. The monoisotopic (exact) mass is 271 g/mol. The van der Waals surface area contributed by atoms with Crippen molar-refractivity contribution in [1.29, 1.82) is 5.41 Å². The minimum absolute atomic E-state index is 0.0689. The van der Waals surface area contributed by atoms with Crippen LogP contribution in [0.5, 0.6) is 0 Å². The molecule has 9 heteroatoms. The van der Waals surface area contributed by atoms with Crippen molar-refractivity contribution in [1.82, 2.24) is 4.72 Å². The minimum atomic E-state index is -3.89. The Morgan fingerprint density at radius 3 is 2.19 bits per heavy atom. The smallest absolute Gasteiger partial charge is 0.226 e. The van der Waals surface area contributed by atoms with E-state index in [0.717, 1.165) is 6.26 Å². The summed E-state index contributed by atoms with van der Waals surface area (Å²) in [7, 11) is -7.49. The Morgan fingerprint density at radius 1 is 1.38 bits per heavy atom. The van der Waals surface area contributed by atoms with Crippen molar-refractivity contribution in [2.24, 2.45) is 5.73 Å². The average Bonchev–Trinajstić information content (AvgIpc) is 1.96. The van der Waals surface area contributed by atoms with Crippen molar-refractivity contribution in [3.8, 4) is 0 Å². The van der Waals surface area contributed by atoms with Gasteiger partial charge in [-0.25, -0.2) is 21.6 Å². The second-order valence-corrected chi connectivity index (χ2v) is 7.87. The highest BCUT2D eigenvalue weighted by molar-refractivity contribution is 8.06. The Morgan fingerprint density at radius 2 is 1.88 bits per heavy atom. The third-order valence-corrected chi connectivity index (χ3v) is 5.32. The SMILES string of the molecule is CCC(CC(=N)N)NS(=O)(=O)CS(C)(=O)=O. The van der Waals surface area contributed by atoms with Crippen LogP contribution in [0.25, 0.3) is 0 Å². The van der Waals surface area contributed by atoms with Crippen LogP contribution in [-0.4, -0.2) is 40.1 Å². The molecule has 7 nitrogen and oxygen atoms in total. The lowest BCUT2D eigenvalue weighted by Gasteiger charge is -2.15. The minimum Gasteiger partial charge on any atom is -0.388 e. The van der Waals surface area contributed by atoms with Crippen LogP contribution in [0.15, 0.2) is 0 Å². The Labute approximate surface area is 95.9 Å². The van der Waals surface area contributed by atoms with Crippen LogP contribution in [0.2, 0.25) is 0 Å². The maximum atomic E-state index is 11.4. The fourth-order valence-electron chi connectivity index (χ4n) is 1.10. The van der Waals surface area contributed by atoms with Crippen LogP contribution in [-0.2, 0) is 19.9 Å². The molecular weight excluding hydrogens is 254 g/mol. The Kier molecular flexibility index (Phi) is 5.36. The number of nitrogens with two attached hydrogens (primary N) is 1. The maximum Gasteiger partial charge on any atom is 0.226 e. The molecule has 0 aromatic carbocycles. The van der Waals surface area contributed by atoms with Crippen molar-refractivity contribution < 1.29 is 16.8 Å².